The summed E-state index contributed by atoms with van der Waals surface area (Å²) in [5.41, 5.74) is 1.41. The molecule has 0 aliphatic heterocycles. The largest absolute Gasteiger partial charge is 0.491 e. The summed E-state index contributed by atoms with van der Waals surface area (Å²) in [5, 5.41) is 8.58. The zero-order valence-corrected chi connectivity index (χ0v) is 27.1. The van der Waals surface area contributed by atoms with Gasteiger partial charge in [-0.15, -0.1) is 0 Å². The quantitative estimate of drug-likeness (QED) is 0.114. The highest BCUT2D eigenvalue weighted by atomic mass is 16.6. The molecule has 1 aromatic rings. The number of hydrogen-bond acceptors (Lipinski definition) is 10. The van der Waals surface area contributed by atoms with E-state index in [0.717, 1.165) is 11.7 Å². The van der Waals surface area contributed by atoms with E-state index < -0.39 is 0 Å². The van der Waals surface area contributed by atoms with Crippen molar-refractivity contribution in [1.29, 1.82) is 0 Å². The summed E-state index contributed by atoms with van der Waals surface area (Å²) in [7, 11) is 0. The predicted octanol–water partition coefficient (Wildman–Crippen LogP) is 4.51. The van der Waals surface area contributed by atoms with E-state index in [4.69, 9.17) is 47.7 Å². The van der Waals surface area contributed by atoms with Crippen molar-refractivity contribution in [2.24, 2.45) is 5.92 Å². The maximum atomic E-state index is 8.58. The number of hydrogen-bond donors (Lipinski definition) is 1. The lowest BCUT2D eigenvalue weighted by molar-refractivity contribution is -0.0242. The third-order valence-corrected chi connectivity index (χ3v) is 6.89. The summed E-state index contributed by atoms with van der Waals surface area (Å²) in [4.78, 5) is 0. The molecule has 0 heterocycles. The van der Waals surface area contributed by atoms with Crippen LogP contribution in [0.4, 0.5) is 0 Å². The first kappa shape index (κ1) is 39.7. The van der Waals surface area contributed by atoms with Crippen LogP contribution in [0.1, 0.15) is 57.9 Å². The van der Waals surface area contributed by atoms with Crippen molar-refractivity contribution in [2.45, 2.75) is 52.4 Å². The van der Waals surface area contributed by atoms with Crippen molar-refractivity contribution in [2.75, 3.05) is 119 Å². The van der Waals surface area contributed by atoms with Crippen LogP contribution >= 0.6 is 0 Å². The predicted molar refractivity (Wildman–Crippen MR) is 167 cm³/mol. The van der Waals surface area contributed by atoms with Gasteiger partial charge in [0, 0.05) is 0 Å². The molecule has 1 rings (SSSR count). The van der Waals surface area contributed by atoms with Gasteiger partial charge in [-0.05, 0) is 42.4 Å². The van der Waals surface area contributed by atoms with Gasteiger partial charge in [-0.25, -0.2) is 0 Å². The Labute approximate surface area is 260 Å². The second kappa shape index (κ2) is 30.7. The standard InChI is InChI=1S/C33H60O10/c1-4-30(3)6-7-31(5-2)32-8-10-33(11-9-32)43-29-28-42-27-26-41-25-24-40-23-22-39-21-20-38-19-18-37-17-16-36-15-14-35-13-12-34/h8-11,30-31,34H,4-7,12-29H2,1-3H3. The SMILES string of the molecule is CCC(C)CCC(CC)c1ccc(OCCOCCOCCOCCOCCOCCOCCOCCOCCO)cc1. The Hall–Kier alpha value is -1.34. The van der Waals surface area contributed by atoms with Crippen molar-refractivity contribution < 1.29 is 47.7 Å². The maximum absolute atomic E-state index is 8.58. The monoisotopic (exact) mass is 616 g/mol. The van der Waals surface area contributed by atoms with Gasteiger partial charge in [0.05, 0.1) is 112 Å². The molecule has 1 aromatic carbocycles. The fourth-order valence-corrected chi connectivity index (χ4v) is 4.06. The van der Waals surface area contributed by atoms with Crippen LogP contribution in [0, 0.1) is 5.92 Å². The van der Waals surface area contributed by atoms with E-state index in [2.05, 4.69) is 45.0 Å². The lowest BCUT2D eigenvalue weighted by atomic mass is 9.88. The van der Waals surface area contributed by atoms with Gasteiger partial charge >= 0.3 is 0 Å². The molecular weight excluding hydrogens is 556 g/mol. The van der Waals surface area contributed by atoms with E-state index in [-0.39, 0.29) is 6.61 Å². The summed E-state index contributed by atoms with van der Waals surface area (Å²) < 4.78 is 49.2. The summed E-state index contributed by atoms with van der Waals surface area (Å²) in [5.74, 6) is 2.31. The van der Waals surface area contributed by atoms with E-state index in [1.165, 1.54) is 31.2 Å². The fraction of sp³-hybridized carbons (Fsp3) is 0.818. The van der Waals surface area contributed by atoms with E-state index in [9.17, 15) is 0 Å². The fourth-order valence-electron chi connectivity index (χ4n) is 4.06. The zero-order chi connectivity index (χ0) is 31.1. The van der Waals surface area contributed by atoms with Gasteiger partial charge in [0.1, 0.15) is 12.4 Å². The molecule has 0 aromatic heterocycles. The van der Waals surface area contributed by atoms with Crippen LogP contribution in [0.25, 0.3) is 0 Å². The molecule has 10 heteroatoms. The average molecular weight is 617 g/mol. The minimum Gasteiger partial charge on any atom is -0.491 e. The highest BCUT2D eigenvalue weighted by Gasteiger charge is 2.11. The Morgan fingerprint density at radius 2 is 0.860 bits per heavy atom. The number of rotatable bonds is 33. The molecule has 43 heavy (non-hydrogen) atoms. The molecule has 0 saturated heterocycles. The van der Waals surface area contributed by atoms with E-state index in [1.54, 1.807) is 0 Å². The van der Waals surface area contributed by atoms with Crippen LogP contribution in [-0.2, 0) is 37.9 Å². The van der Waals surface area contributed by atoms with Crippen LogP contribution in [0.2, 0.25) is 0 Å². The smallest absolute Gasteiger partial charge is 0.119 e. The maximum Gasteiger partial charge on any atom is 0.119 e. The van der Waals surface area contributed by atoms with Crippen molar-refractivity contribution in [3.8, 4) is 5.75 Å². The average Bonchev–Trinajstić information content (AvgIpc) is 3.03. The summed E-state index contributed by atoms with van der Waals surface area (Å²) in [6.45, 7) is 15.5. The molecule has 0 saturated carbocycles. The Bertz CT molecular complexity index is 691. The normalized spacial score (nSPS) is 12.9. The van der Waals surface area contributed by atoms with Gasteiger partial charge in [-0.1, -0.05) is 45.7 Å². The summed E-state index contributed by atoms with van der Waals surface area (Å²) in [6.07, 6.45) is 4.96. The molecule has 1 N–H and O–H groups in total. The van der Waals surface area contributed by atoms with Gasteiger partial charge in [0.15, 0.2) is 0 Å². The highest BCUT2D eigenvalue weighted by molar-refractivity contribution is 5.29. The molecule has 252 valence electrons. The Morgan fingerprint density at radius 1 is 0.488 bits per heavy atom. The Balaban J connectivity index is 1.80. The Kier molecular flexibility index (Phi) is 28.3. The first-order valence-corrected chi connectivity index (χ1v) is 16.2. The number of ether oxygens (including phenoxy) is 9. The van der Waals surface area contributed by atoms with Gasteiger partial charge in [0.25, 0.3) is 0 Å². The second-order valence-electron chi connectivity index (χ2n) is 10.2. The topological polar surface area (TPSA) is 103 Å². The van der Waals surface area contributed by atoms with Gasteiger partial charge < -0.3 is 47.7 Å². The molecule has 0 amide bonds. The minimum absolute atomic E-state index is 0.0293. The van der Waals surface area contributed by atoms with E-state index in [0.29, 0.717) is 118 Å². The zero-order valence-electron chi connectivity index (χ0n) is 27.1. The number of benzene rings is 1. The second-order valence-corrected chi connectivity index (χ2v) is 10.2. The van der Waals surface area contributed by atoms with E-state index >= 15 is 0 Å². The molecule has 0 aliphatic carbocycles. The summed E-state index contributed by atoms with van der Waals surface area (Å²) in [6, 6.07) is 8.55. The molecule has 10 nitrogen and oxygen atoms in total. The Morgan fingerprint density at radius 3 is 1.21 bits per heavy atom. The third kappa shape index (κ3) is 24.6. The van der Waals surface area contributed by atoms with Gasteiger partial charge in [-0.3, -0.25) is 0 Å². The molecule has 0 spiro atoms. The molecule has 0 bridgehead atoms. The van der Waals surface area contributed by atoms with Crippen molar-refractivity contribution in [1.82, 2.24) is 0 Å². The van der Waals surface area contributed by atoms with Crippen molar-refractivity contribution in [3.05, 3.63) is 29.8 Å². The van der Waals surface area contributed by atoms with Crippen LogP contribution in [0.3, 0.4) is 0 Å². The van der Waals surface area contributed by atoms with Gasteiger partial charge in [-0.2, -0.15) is 0 Å². The third-order valence-electron chi connectivity index (χ3n) is 6.89. The number of aliphatic hydroxyl groups is 1. The first-order valence-electron chi connectivity index (χ1n) is 16.2. The number of aliphatic hydroxyl groups excluding tert-OH is 1. The molecule has 2 atom stereocenters. The van der Waals surface area contributed by atoms with Crippen LogP contribution in [0.15, 0.2) is 24.3 Å². The molecule has 0 fully saturated rings. The van der Waals surface area contributed by atoms with Crippen LogP contribution in [-0.4, -0.2) is 124 Å². The molecule has 0 aliphatic rings. The first-order chi connectivity index (χ1) is 21.2. The molecule has 0 radical (unpaired) electrons. The van der Waals surface area contributed by atoms with Crippen molar-refractivity contribution in [3.63, 3.8) is 0 Å². The lowest BCUT2D eigenvalue weighted by Gasteiger charge is -2.18. The van der Waals surface area contributed by atoms with Crippen LogP contribution in [0.5, 0.6) is 5.75 Å². The summed E-state index contributed by atoms with van der Waals surface area (Å²) >= 11 is 0. The van der Waals surface area contributed by atoms with Crippen molar-refractivity contribution >= 4 is 0 Å². The highest BCUT2D eigenvalue weighted by Crippen LogP contribution is 2.28. The van der Waals surface area contributed by atoms with Gasteiger partial charge in [0.2, 0.25) is 0 Å². The molecular formula is C33H60O10. The van der Waals surface area contributed by atoms with E-state index in [1.807, 2.05) is 0 Å². The molecule has 2 unspecified atom stereocenters. The lowest BCUT2D eigenvalue weighted by Crippen LogP contribution is -2.15. The minimum atomic E-state index is 0.0293. The van der Waals surface area contributed by atoms with Crippen LogP contribution < -0.4 is 4.74 Å².